The molecule has 0 spiro atoms. The molecule has 1 aliphatic rings. The number of hydrogen-bond donors (Lipinski definition) is 1. The van der Waals surface area contributed by atoms with Crippen molar-refractivity contribution < 1.29 is 14.3 Å². The van der Waals surface area contributed by atoms with Crippen LogP contribution in [0.15, 0.2) is 18.2 Å². The average Bonchev–Trinajstić information content (AvgIpc) is 2.60. The van der Waals surface area contributed by atoms with Gasteiger partial charge < -0.3 is 19.7 Å². The van der Waals surface area contributed by atoms with E-state index in [2.05, 4.69) is 5.32 Å². The maximum atomic E-state index is 12.4. The van der Waals surface area contributed by atoms with Crippen molar-refractivity contribution in [2.75, 3.05) is 40.9 Å². The third-order valence-corrected chi connectivity index (χ3v) is 4.54. The molecule has 0 atom stereocenters. The molecule has 1 aliphatic heterocycles. The van der Waals surface area contributed by atoms with Crippen LogP contribution in [-0.4, -0.2) is 51.7 Å². The lowest BCUT2D eigenvalue weighted by Gasteiger charge is -2.32. The Labute approximate surface area is 139 Å². The normalized spacial score (nSPS) is 15.5. The number of aryl methyl sites for hydroxylation is 1. The van der Waals surface area contributed by atoms with E-state index in [1.54, 1.807) is 14.2 Å². The summed E-state index contributed by atoms with van der Waals surface area (Å²) in [5.74, 6) is 2.39. The van der Waals surface area contributed by atoms with Crippen molar-refractivity contribution >= 4 is 5.91 Å². The van der Waals surface area contributed by atoms with Gasteiger partial charge in [0, 0.05) is 19.5 Å². The van der Waals surface area contributed by atoms with Gasteiger partial charge in [0.2, 0.25) is 5.91 Å². The largest absolute Gasteiger partial charge is 0.493 e. The fourth-order valence-corrected chi connectivity index (χ4v) is 3.12. The van der Waals surface area contributed by atoms with Crippen LogP contribution in [0.2, 0.25) is 0 Å². The Morgan fingerprint density at radius 2 is 1.91 bits per heavy atom. The smallest absolute Gasteiger partial charge is 0.222 e. The molecular formula is C18H28N2O3. The molecule has 0 aromatic heterocycles. The molecule has 23 heavy (non-hydrogen) atoms. The third-order valence-electron chi connectivity index (χ3n) is 4.54. The second-order valence-electron chi connectivity index (χ2n) is 6.07. The first kappa shape index (κ1) is 17.6. The topological polar surface area (TPSA) is 50.8 Å². The lowest BCUT2D eigenvalue weighted by Crippen LogP contribution is -2.40. The number of rotatable bonds is 7. The highest BCUT2D eigenvalue weighted by molar-refractivity contribution is 5.76. The van der Waals surface area contributed by atoms with Gasteiger partial charge in [-0.3, -0.25) is 4.79 Å². The molecule has 2 rings (SSSR count). The fourth-order valence-electron chi connectivity index (χ4n) is 3.12. The zero-order valence-electron chi connectivity index (χ0n) is 14.4. The Bertz CT molecular complexity index is 511. The van der Waals surface area contributed by atoms with Gasteiger partial charge >= 0.3 is 0 Å². The van der Waals surface area contributed by atoms with Gasteiger partial charge in [-0.25, -0.2) is 0 Å². The summed E-state index contributed by atoms with van der Waals surface area (Å²) in [6.07, 6.45) is 3.48. The van der Waals surface area contributed by atoms with Gasteiger partial charge in [-0.2, -0.15) is 0 Å². The van der Waals surface area contributed by atoms with Gasteiger partial charge in [0.1, 0.15) is 0 Å². The molecule has 1 N–H and O–H groups in total. The predicted octanol–water partition coefficient (Wildman–Crippen LogP) is 2.09. The SMILES string of the molecule is CNCC1CCN(C(=O)CCc2ccc(OC)c(OC)c2)CC1. The van der Waals surface area contributed by atoms with Crippen LogP contribution < -0.4 is 14.8 Å². The zero-order valence-corrected chi connectivity index (χ0v) is 14.4. The molecule has 0 aliphatic carbocycles. The third kappa shape index (κ3) is 4.86. The van der Waals surface area contributed by atoms with Crippen molar-refractivity contribution in [3.05, 3.63) is 23.8 Å². The second-order valence-corrected chi connectivity index (χ2v) is 6.07. The van der Waals surface area contributed by atoms with Crippen LogP contribution in [0.3, 0.4) is 0 Å². The van der Waals surface area contributed by atoms with Gasteiger partial charge in [-0.15, -0.1) is 0 Å². The van der Waals surface area contributed by atoms with E-state index < -0.39 is 0 Å². The molecule has 0 unspecified atom stereocenters. The molecule has 0 bridgehead atoms. The van der Waals surface area contributed by atoms with Crippen molar-refractivity contribution in [2.45, 2.75) is 25.7 Å². The highest BCUT2D eigenvalue weighted by atomic mass is 16.5. The molecule has 1 aromatic rings. The second kappa shape index (κ2) is 8.77. The molecule has 0 radical (unpaired) electrons. The van der Waals surface area contributed by atoms with Crippen LogP contribution in [0.4, 0.5) is 0 Å². The highest BCUT2D eigenvalue weighted by Crippen LogP contribution is 2.28. The number of nitrogens with one attached hydrogen (secondary N) is 1. The Kier molecular flexibility index (Phi) is 6.71. The van der Waals surface area contributed by atoms with E-state index in [0.29, 0.717) is 23.8 Å². The van der Waals surface area contributed by atoms with Gasteiger partial charge in [-0.1, -0.05) is 6.07 Å². The summed E-state index contributed by atoms with van der Waals surface area (Å²) in [6, 6.07) is 5.83. The first-order valence-corrected chi connectivity index (χ1v) is 8.31. The van der Waals surface area contributed by atoms with E-state index in [9.17, 15) is 4.79 Å². The number of carbonyl (C=O) groups excluding carboxylic acids is 1. The van der Waals surface area contributed by atoms with Gasteiger partial charge in [0.25, 0.3) is 0 Å². The number of methoxy groups -OCH3 is 2. The lowest BCUT2D eigenvalue weighted by molar-refractivity contribution is -0.132. The van der Waals surface area contributed by atoms with Gasteiger partial charge in [0.15, 0.2) is 11.5 Å². The number of ether oxygens (including phenoxy) is 2. The maximum absolute atomic E-state index is 12.4. The summed E-state index contributed by atoms with van der Waals surface area (Å²) in [4.78, 5) is 14.4. The Hall–Kier alpha value is -1.75. The standard InChI is InChI=1S/C18H28N2O3/c1-19-13-15-8-10-20(11-9-15)18(21)7-5-14-4-6-16(22-2)17(12-14)23-3/h4,6,12,15,19H,5,7-11,13H2,1-3H3. The molecule has 5 heteroatoms. The minimum atomic E-state index is 0.252. The highest BCUT2D eigenvalue weighted by Gasteiger charge is 2.22. The van der Waals surface area contributed by atoms with Crippen molar-refractivity contribution in [2.24, 2.45) is 5.92 Å². The summed E-state index contributed by atoms with van der Waals surface area (Å²) >= 11 is 0. The first-order chi connectivity index (χ1) is 11.2. The first-order valence-electron chi connectivity index (χ1n) is 8.31. The molecule has 1 aromatic carbocycles. The summed E-state index contributed by atoms with van der Waals surface area (Å²) in [6.45, 7) is 2.82. The monoisotopic (exact) mass is 320 g/mol. The van der Waals surface area contributed by atoms with Gasteiger partial charge in [-0.05, 0) is 56.5 Å². The van der Waals surface area contributed by atoms with Crippen LogP contribution in [-0.2, 0) is 11.2 Å². The number of benzene rings is 1. The van der Waals surface area contributed by atoms with E-state index in [4.69, 9.17) is 9.47 Å². The Morgan fingerprint density at radius 3 is 2.52 bits per heavy atom. The molecular weight excluding hydrogens is 292 g/mol. The average molecular weight is 320 g/mol. The number of carbonyl (C=O) groups is 1. The molecule has 128 valence electrons. The Balaban J connectivity index is 1.83. The molecule has 1 fully saturated rings. The minimum absolute atomic E-state index is 0.252. The quantitative estimate of drug-likeness (QED) is 0.836. The number of amides is 1. The number of hydrogen-bond acceptors (Lipinski definition) is 4. The van der Waals surface area contributed by atoms with E-state index in [-0.39, 0.29) is 5.91 Å². The van der Waals surface area contributed by atoms with E-state index in [0.717, 1.165) is 44.5 Å². The van der Waals surface area contributed by atoms with E-state index in [1.165, 1.54) is 0 Å². The van der Waals surface area contributed by atoms with Crippen LogP contribution in [0.25, 0.3) is 0 Å². The summed E-state index contributed by atoms with van der Waals surface area (Å²) in [7, 11) is 5.24. The molecule has 0 saturated carbocycles. The van der Waals surface area contributed by atoms with Crippen LogP contribution in [0.5, 0.6) is 11.5 Å². The zero-order chi connectivity index (χ0) is 16.7. The molecule has 1 saturated heterocycles. The number of nitrogens with zero attached hydrogens (tertiary/aromatic N) is 1. The summed E-state index contributed by atoms with van der Waals surface area (Å²) < 4.78 is 10.5. The lowest BCUT2D eigenvalue weighted by atomic mass is 9.96. The summed E-state index contributed by atoms with van der Waals surface area (Å²) in [5.41, 5.74) is 1.10. The van der Waals surface area contributed by atoms with Crippen molar-refractivity contribution in [3.8, 4) is 11.5 Å². The number of piperidine rings is 1. The van der Waals surface area contributed by atoms with Crippen molar-refractivity contribution in [1.29, 1.82) is 0 Å². The molecule has 1 heterocycles. The predicted molar refractivity (Wildman–Crippen MR) is 91.1 cm³/mol. The fraction of sp³-hybridized carbons (Fsp3) is 0.611. The van der Waals surface area contributed by atoms with Crippen LogP contribution >= 0.6 is 0 Å². The van der Waals surface area contributed by atoms with Gasteiger partial charge in [0.05, 0.1) is 14.2 Å². The van der Waals surface area contributed by atoms with Crippen LogP contribution in [0, 0.1) is 5.92 Å². The van der Waals surface area contributed by atoms with Crippen LogP contribution in [0.1, 0.15) is 24.8 Å². The molecule has 5 nitrogen and oxygen atoms in total. The maximum Gasteiger partial charge on any atom is 0.222 e. The van der Waals surface area contributed by atoms with Crippen molar-refractivity contribution in [3.63, 3.8) is 0 Å². The van der Waals surface area contributed by atoms with Crippen molar-refractivity contribution in [1.82, 2.24) is 10.2 Å². The van der Waals surface area contributed by atoms with E-state index in [1.807, 2.05) is 30.1 Å². The molecule has 1 amide bonds. The van der Waals surface area contributed by atoms with E-state index >= 15 is 0 Å². The Morgan fingerprint density at radius 1 is 1.22 bits per heavy atom. The summed E-state index contributed by atoms with van der Waals surface area (Å²) in [5, 5.41) is 3.22. The minimum Gasteiger partial charge on any atom is -0.493 e. The number of likely N-dealkylation sites (tertiary alicyclic amines) is 1.